The van der Waals surface area contributed by atoms with Gasteiger partial charge in [-0.25, -0.2) is 0 Å². The smallest absolute Gasteiger partial charge is 0.161 e. The van der Waals surface area contributed by atoms with Crippen LogP contribution in [0.1, 0.15) is 24.9 Å². The van der Waals surface area contributed by atoms with Crippen LogP contribution in [0.15, 0.2) is 18.2 Å². The van der Waals surface area contributed by atoms with Crippen molar-refractivity contribution >= 4 is 11.8 Å². The molecule has 104 valence electrons. The van der Waals surface area contributed by atoms with Crippen molar-refractivity contribution in [2.45, 2.75) is 19.4 Å². The first kappa shape index (κ1) is 13.1. The molecule has 4 heteroatoms. The fourth-order valence-corrected chi connectivity index (χ4v) is 4.14. The van der Waals surface area contributed by atoms with Crippen LogP contribution >= 0.6 is 11.8 Å². The number of benzene rings is 1. The fraction of sp³-hybridized carbons (Fsp3) is 0.600. The van der Waals surface area contributed by atoms with E-state index in [1.54, 1.807) is 0 Å². The van der Waals surface area contributed by atoms with E-state index in [0.717, 1.165) is 24.0 Å². The predicted octanol–water partition coefficient (Wildman–Crippen LogP) is 2.86. The first-order chi connectivity index (χ1) is 9.38. The Labute approximate surface area is 119 Å². The van der Waals surface area contributed by atoms with Crippen LogP contribution in [-0.2, 0) is 0 Å². The largest absolute Gasteiger partial charge is 0.486 e. The summed E-state index contributed by atoms with van der Waals surface area (Å²) in [5.74, 6) is 5.05. The number of rotatable bonds is 4. The SMILES string of the molecule is CCNC(c1ccc2c(c1)OCCO2)C1CCSC1. The molecular formula is C15H21NO2S. The maximum absolute atomic E-state index is 5.70. The van der Waals surface area contributed by atoms with Crippen LogP contribution < -0.4 is 14.8 Å². The van der Waals surface area contributed by atoms with E-state index in [4.69, 9.17) is 9.47 Å². The van der Waals surface area contributed by atoms with Gasteiger partial charge in [0.25, 0.3) is 0 Å². The Balaban J connectivity index is 1.84. The summed E-state index contributed by atoms with van der Waals surface area (Å²) >= 11 is 2.06. The monoisotopic (exact) mass is 279 g/mol. The van der Waals surface area contributed by atoms with E-state index in [1.165, 1.54) is 23.5 Å². The summed E-state index contributed by atoms with van der Waals surface area (Å²) in [5.41, 5.74) is 1.33. The third-order valence-electron chi connectivity index (χ3n) is 3.79. The summed E-state index contributed by atoms with van der Waals surface area (Å²) in [6.07, 6.45) is 1.30. The molecule has 3 nitrogen and oxygen atoms in total. The molecule has 2 aliphatic heterocycles. The van der Waals surface area contributed by atoms with Gasteiger partial charge in [0.1, 0.15) is 13.2 Å². The number of hydrogen-bond donors (Lipinski definition) is 1. The molecule has 2 aliphatic rings. The quantitative estimate of drug-likeness (QED) is 0.918. The molecule has 0 saturated carbocycles. The van der Waals surface area contributed by atoms with Gasteiger partial charge >= 0.3 is 0 Å². The number of ether oxygens (including phenoxy) is 2. The highest BCUT2D eigenvalue weighted by Gasteiger charge is 2.27. The van der Waals surface area contributed by atoms with Crippen LogP contribution in [-0.4, -0.2) is 31.3 Å². The molecule has 0 amide bonds. The summed E-state index contributed by atoms with van der Waals surface area (Å²) in [7, 11) is 0. The molecule has 1 N–H and O–H groups in total. The van der Waals surface area contributed by atoms with E-state index >= 15 is 0 Å². The second-order valence-electron chi connectivity index (χ2n) is 5.06. The number of hydrogen-bond acceptors (Lipinski definition) is 4. The Morgan fingerprint density at radius 2 is 2.16 bits per heavy atom. The van der Waals surface area contributed by atoms with Crippen LogP contribution in [0.5, 0.6) is 11.5 Å². The lowest BCUT2D eigenvalue weighted by molar-refractivity contribution is 0.171. The summed E-state index contributed by atoms with van der Waals surface area (Å²) in [5, 5.41) is 3.64. The first-order valence-electron chi connectivity index (χ1n) is 7.09. The van der Waals surface area contributed by atoms with Gasteiger partial charge in [0.05, 0.1) is 0 Å². The Kier molecular flexibility index (Phi) is 4.18. The van der Waals surface area contributed by atoms with Crippen molar-refractivity contribution in [1.29, 1.82) is 0 Å². The minimum Gasteiger partial charge on any atom is -0.486 e. The van der Waals surface area contributed by atoms with Crippen molar-refractivity contribution in [2.75, 3.05) is 31.3 Å². The van der Waals surface area contributed by atoms with Crippen LogP contribution in [0.25, 0.3) is 0 Å². The second kappa shape index (κ2) is 6.06. The highest BCUT2D eigenvalue weighted by atomic mass is 32.2. The van der Waals surface area contributed by atoms with Crippen molar-refractivity contribution in [3.05, 3.63) is 23.8 Å². The molecule has 0 bridgehead atoms. The molecular weight excluding hydrogens is 258 g/mol. The lowest BCUT2D eigenvalue weighted by Crippen LogP contribution is -2.28. The molecule has 1 aromatic carbocycles. The molecule has 1 fully saturated rings. The lowest BCUT2D eigenvalue weighted by Gasteiger charge is -2.26. The maximum Gasteiger partial charge on any atom is 0.161 e. The summed E-state index contributed by atoms with van der Waals surface area (Å²) < 4.78 is 11.3. The zero-order chi connectivity index (χ0) is 13.1. The predicted molar refractivity (Wildman–Crippen MR) is 79.3 cm³/mol. The average Bonchev–Trinajstić information content (AvgIpc) is 2.98. The van der Waals surface area contributed by atoms with Crippen LogP contribution in [0.3, 0.4) is 0 Å². The molecule has 2 atom stereocenters. The molecule has 2 heterocycles. The summed E-state index contributed by atoms with van der Waals surface area (Å²) in [4.78, 5) is 0. The van der Waals surface area contributed by atoms with E-state index in [1.807, 2.05) is 0 Å². The summed E-state index contributed by atoms with van der Waals surface area (Å²) in [6, 6.07) is 6.83. The molecule has 19 heavy (non-hydrogen) atoms. The van der Waals surface area contributed by atoms with E-state index in [0.29, 0.717) is 19.3 Å². The number of nitrogens with one attached hydrogen (secondary N) is 1. The lowest BCUT2D eigenvalue weighted by atomic mass is 9.92. The fourth-order valence-electron chi connectivity index (χ4n) is 2.85. The molecule has 2 unspecified atom stereocenters. The van der Waals surface area contributed by atoms with Crippen LogP contribution in [0.2, 0.25) is 0 Å². The minimum atomic E-state index is 0.441. The molecule has 1 saturated heterocycles. The average molecular weight is 279 g/mol. The van der Waals surface area contributed by atoms with Crippen molar-refractivity contribution in [3.8, 4) is 11.5 Å². The standard InChI is InChI=1S/C15H21NO2S/c1-2-16-15(12-5-8-19-10-12)11-3-4-13-14(9-11)18-7-6-17-13/h3-4,9,12,15-16H,2,5-8,10H2,1H3. The van der Waals surface area contributed by atoms with Gasteiger partial charge in [0, 0.05) is 6.04 Å². The second-order valence-corrected chi connectivity index (χ2v) is 6.21. The van der Waals surface area contributed by atoms with Gasteiger partial charge < -0.3 is 14.8 Å². The number of fused-ring (bicyclic) bond motifs is 1. The zero-order valence-corrected chi connectivity index (χ0v) is 12.2. The van der Waals surface area contributed by atoms with Gasteiger partial charge in [-0.2, -0.15) is 11.8 Å². The van der Waals surface area contributed by atoms with E-state index in [9.17, 15) is 0 Å². The van der Waals surface area contributed by atoms with Gasteiger partial charge in [0.15, 0.2) is 11.5 Å². The molecule has 3 rings (SSSR count). The number of thioether (sulfide) groups is 1. The Morgan fingerprint density at radius 3 is 2.89 bits per heavy atom. The van der Waals surface area contributed by atoms with Gasteiger partial charge in [-0.1, -0.05) is 13.0 Å². The third-order valence-corrected chi connectivity index (χ3v) is 4.97. The zero-order valence-electron chi connectivity index (χ0n) is 11.4. The highest BCUT2D eigenvalue weighted by molar-refractivity contribution is 7.99. The van der Waals surface area contributed by atoms with E-state index in [-0.39, 0.29) is 0 Å². The Morgan fingerprint density at radius 1 is 1.32 bits per heavy atom. The van der Waals surface area contributed by atoms with E-state index in [2.05, 4.69) is 42.2 Å². The van der Waals surface area contributed by atoms with E-state index < -0.39 is 0 Å². The Hall–Kier alpha value is -0.870. The van der Waals surface area contributed by atoms with Gasteiger partial charge in [-0.3, -0.25) is 0 Å². The van der Waals surface area contributed by atoms with Crippen molar-refractivity contribution in [2.24, 2.45) is 5.92 Å². The molecule has 1 aromatic rings. The van der Waals surface area contributed by atoms with Crippen molar-refractivity contribution < 1.29 is 9.47 Å². The van der Waals surface area contributed by atoms with Crippen molar-refractivity contribution in [3.63, 3.8) is 0 Å². The highest BCUT2D eigenvalue weighted by Crippen LogP contribution is 2.38. The van der Waals surface area contributed by atoms with Crippen LogP contribution in [0, 0.1) is 5.92 Å². The maximum atomic E-state index is 5.70. The molecule has 0 radical (unpaired) electrons. The van der Waals surface area contributed by atoms with Crippen LogP contribution in [0.4, 0.5) is 0 Å². The van der Waals surface area contributed by atoms with Gasteiger partial charge in [-0.15, -0.1) is 0 Å². The topological polar surface area (TPSA) is 30.5 Å². The van der Waals surface area contributed by atoms with Gasteiger partial charge in [0.2, 0.25) is 0 Å². The van der Waals surface area contributed by atoms with Crippen molar-refractivity contribution in [1.82, 2.24) is 5.32 Å². The Bertz CT molecular complexity index is 432. The first-order valence-corrected chi connectivity index (χ1v) is 8.24. The molecule has 0 aromatic heterocycles. The molecule has 0 aliphatic carbocycles. The minimum absolute atomic E-state index is 0.441. The third kappa shape index (κ3) is 2.84. The molecule has 0 spiro atoms. The van der Waals surface area contributed by atoms with Gasteiger partial charge in [-0.05, 0) is 48.1 Å². The summed E-state index contributed by atoms with van der Waals surface area (Å²) in [6.45, 7) is 4.48. The normalized spacial score (nSPS) is 23.3.